The van der Waals surface area contributed by atoms with Gasteiger partial charge in [0.2, 0.25) is 5.89 Å². The van der Waals surface area contributed by atoms with Gasteiger partial charge in [-0.3, -0.25) is 9.69 Å². The molecule has 3 amide bonds. The standard InChI is InChI=1S/C26H23N3O3/c1-16-8-11-22(17(2)12-16)23-27-21(15-32-23)14-29-24(30)26(3,28-25(29)31)20-10-9-18-6-4-5-7-19(18)13-20/h4-13,15H,14H2,1-3H3,(H,28,31)/t26-/m1/s1. The molecule has 160 valence electrons. The first-order chi connectivity index (χ1) is 15.3. The molecule has 2 heterocycles. The molecule has 1 aliphatic heterocycles. The molecule has 0 radical (unpaired) electrons. The first-order valence-electron chi connectivity index (χ1n) is 10.5. The Bertz CT molecular complexity index is 1370. The maximum absolute atomic E-state index is 13.3. The maximum Gasteiger partial charge on any atom is 0.325 e. The summed E-state index contributed by atoms with van der Waals surface area (Å²) in [6, 6.07) is 19.3. The fraction of sp³-hybridized carbons (Fsp3) is 0.192. The molecule has 3 aromatic carbocycles. The molecule has 4 aromatic rings. The SMILES string of the molecule is Cc1ccc(-c2nc(CN3C(=O)N[C@](C)(c4ccc5ccccc5c4)C3=O)co2)c(C)c1. The summed E-state index contributed by atoms with van der Waals surface area (Å²) in [5, 5.41) is 4.96. The summed E-state index contributed by atoms with van der Waals surface area (Å²) < 4.78 is 5.66. The normalized spacial score (nSPS) is 18.4. The van der Waals surface area contributed by atoms with Gasteiger partial charge in [-0.25, -0.2) is 9.78 Å². The van der Waals surface area contributed by atoms with Gasteiger partial charge in [0, 0.05) is 5.56 Å². The van der Waals surface area contributed by atoms with Crippen LogP contribution >= 0.6 is 0 Å². The first kappa shape index (κ1) is 20.0. The van der Waals surface area contributed by atoms with Crippen molar-refractivity contribution in [3.63, 3.8) is 0 Å². The highest BCUT2D eigenvalue weighted by Crippen LogP contribution is 2.32. The topological polar surface area (TPSA) is 75.4 Å². The Kier molecular flexibility index (Phi) is 4.59. The van der Waals surface area contributed by atoms with Crippen LogP contribution in [0.15, 0.2) is 71.3 Å². The average molecular weight is 425 g/mol. The maximum atomic E-state index is 13.3. The lowest BCUT2D eigenvalue weighted by Gasteiger charge is -2.22. The Labute approximate surface area is 185 Å². The molecule has 0 aliphatic carbocycles. The smallest absolute Gasteiger partial charge is 0.325 e. The number of fused-ring (bicyclic) bond motifs is 1. The van der Waals surface area contributed by atoms with E-state index in [4.69, 9.17) is 4.42 Å². The molecule has 1 atom stereocenters. The number of imide groups is 1. The van der Waals surface area contributed by atoms with Crippen LogP contribution in [0, 0.1) is 13.8 Å². The molecule has 1 aromatic heterocycles. The van der Waals surface area contributed by atoms with Gasteiger partial charge >= 0.3 is 6.03 Å². The Morgan fingerprint density at radius 1 is 1.00 bits per heavy atom. The largest absolute Gasteiger partial charge is 0.444 e. The van der Waals surface area contributed by atoms with Crippen LogP contribution in [0.2, 0.25) is 0 Å². The van der Waals surface area contributed by atoms with E-state index < -0.39 is 11.6 Å². The summed E-state index contributed by atoms with van der Waals surface area (Å²) >= 11 is 0. The number of nitrogens with zero attached hydrogens (tertiary/aromatic N) is 2. The van der Waals surface area contributed by atoms with Crippen LogP contribution in [0.5, 0.6) is 0 Å². The van der Waals surface area contributed by atoms with Crippen molar-refractivity contribution in [2.24, 2.45) is 0 Å². The number of nitrogens with one attached hydrogen (secondary N) is 1. The van der Waals surface area contributed by atoms with Gasteiger partial charge in [0.15, 0.2) is 0 Å². The third-order valence-electron chi connectivity index (χ3n) is 6.09. The number of amides is 3. The second kappa shape index (κ2) is 7.34. The number of oxazole rings is 1. The summed E-state index contributed by atoms with van der Waals surface area (Å²) in [6.07, 6.45) is 1.50. The summed E-state index contributed by atoms with van der Waals surface area (Å²) in [7, 11) is 0. The van der Waals surface area contributed by atoms with Gasteiger partial charge in [0.1, 0.15) is 11.8 Å². The fourth-order valence-corrected chi connectivity index (χ4v) is 4.26. The highest BCUT2D eigenvalue weighted by Gasteiger charge is 2.49. The molecule has 6 nitrogen and oxygen atoms in total. The van der Waals surface area contributed by atoms with Gasteiger partial charge in [-0.1, -0.05) is 54.1 Å². The summed E-state index contributed by atoms with van der Waals surface area (Å²) in [5.74, 6) is 0.163. The number of hydrogen-bond acceptors (Lipinski definition) is 4. The van der Waals surface area contributed by atoms with Crippen LogP contribution in [0.4, 0.5) is 4.79 Å². The van der Waals surface area contributed by atoms with Crippen molar-refractivity contribution in [2.45, 2.75) is 32.9 Å². The average Bonchev–Trinajstić information content (AvgIpc) is 3.32. The van der Waals surface area contributed by atoms with Crippen molar-refractivity contribution >= 4 is 22.7 Å². The number of benzene rings is 3. The molecule has 1 saturated heterocycles. The molecule has 0 saturated carbocycles. The molecule has 32 heavy (non-hydrogen) atoms. The molecule has 0 unspecified atom stereocenters. The van der Waals surface area contributed by atoms with E-state index in [1.807, 2.05) is 68.4 Å². The molecule has 0 spiro atoms. The highest BCUT2D eigenvalue weighted by molar-refractivity contribution is 6.07. The number of urea groups is 1. The van der Waals surface area contributed by atoms with Crippen LogP contribution in [0.1, 0.15) is 29.3 Å². The molecule has 6 heteroatoms. The zero-order valence-electron chi connectivity index (χ0n) is 18.2. The van der Waals surface area contributed by atoms with E-state index in [9.17, 15) is 9.59 Å². The quantitative estimate of drug-likeness (QED) is 0.463. The number of hydrogen-bond donors (Lipinski definition) is 1. The van der Waals surface area contributed by atoms with Gasteiger partial charge in [0.05, 0.1) is 12.2 Å². The summed E-state index contributed by atoms with van der Waals surface area (Å²) in [4.78, 5) is 31.8. The van der Waals surface area contributed by atoms with Crippen LogP contribution < -0.4 is 5.32 Å². The Hall–Kier alpha value is -3.93. The predicted molar refractivity (Wildman–Crippen MR) is 122 cm³/mol. The van der Waals surface area contributed by atoms with Crippen LogP contribution in [0.3, 0.4) is 0 Å². The third kappa shape index (κ3) is 3.24. The zero-order valence-corrected chi connectivity index (χ0v) is 18.2. The third-order valence-corrected chi connectivity index (χ3v) is 6.09. The van der Waals surface area contributed by atoms with Gasteiger partial charge < -0.3 is 9.73 Å². The molecule has 1 aliphatic rings. The van der Waals surface area contributed by atoms with E-state index in [2.05, 4.69) is 16.4 Å². The van der Waals surface area contributed by atoms with Crippen LogP contribution in [-0.2, 0) is 16.9 Å². The lowest BCUT2D eigenvalue weighted by molar-refractivity contribution is -0.131. The second-order valence-electron chi connectivity index (χ2n) is 8.47. The molecule has 5 rings (SSSR count). The minimum atomic E-state index is -1.14. The number of carbonyl (C=O) groups excluding carboxylic acids is 2. The van der Waals surface area contributed by atoms with Gasteiger partial charge in [-0.15, -0.1) is 0 Å². The number of carbonyl (C=O) groups is 2. The number of aromatic nitrogens is 1. The van der Waals surface area contributed by atoms with Crippen molar-refractivity contribution in [2.75, 3.05) is 0 Å². The molecule has 1 fully saturated rings. The molecular weight excluding hydrogens is 402 g/mol. The van der Waals surface area contributed by atoms with Crippen molar-refractivity contribution < 1.29 is 14.0 Å². The van der Waals surface area contributed by atoms with E-state index in [1.54, 1.807) is 6.92 Å². The van der Waals surface area contributed by atoms with Crippen molar-refractivity contribution in [1.29, 1.82) is 0 Å². The van der Waals surface area contributed by atoms with Gasteiger partial charge in [-0.2, -0.15) is 0 Å². The van der Waals surface area contributed by atoms with Crippen LogP contribution in [-0.4, -0.2) is 21.8 Å². The molecule has 0 bridgehead atoms. The van der Waals surface area contributed by atoms with Crippen molar-refractivity contribution in [3.05, 3.63) is 89.3 Å². The number of aryl methyl sites for hydroxylation is 2. The Morgan fingerprint density at radius 2 is 1.78 bits per heavy atom. The van der Waals surface area contributed by atoms with Crippen molar-refractivity contribution in [1.82, 2.24) is 15.2 Å². The summed E-state index contributed by atoms with van der Waals surface area (Å²) in [5.41, 5.74) is 3.23. The second-order valence-corrected chi connectivity index (χ2v) is 8.47. The lowest BCUT2D eigenvalue weighted by atomic mass is 9.90. The van der Waals surface area contributed by atoms with Gasteiger partial charge in [-0.05, 0) is 54.8 Å². The van der Waals surface area contributed by atoms with E-state index in [0.29, 0.717) is 11.6 Å². The van der Waals surface area contributed by atoms with E-state index in [0.717, 1.165) is 33.0 Å². The van der Waals surface area contributed by atoms with Crippen LogP contribution in [0.25, 0.3) is 22.2 Å². The van der Waals surface area contributed by atoms with E-state index in [1.165, 1.54) is 11.2 Å². The minimum absolute atomic E-state index is 0.0439. The molecule has 1 N–H and O–H groups in total. The predicted octanol–water partition coefficient (Wildman–Crippen LogP) is 5.08. The number of rotatable bonds is 4. The zero-order chi connectivity index (χ0) is 22.5. The summed E-state index contributed by atoms with van der Waals surface area (Å²) in [6.45, 7) is 5.81. The first-order valence-corrected chi connectivity index (χ1v) is 10.5. The highest BCUT2D eigenvalue weighted by atomic mass is 16.3. The molecular formula is C26H23N3O3. The van der Waals surface area contributed by atoms with E-state index >= 15 is 0 Å². The monoisotopic (exact) mass is 425 g/mol. The fourth-order valence-electron chi connectivity index (χ4n) is 4.26. The lowest BCUT2D eigenvalue weighted by Crippen LogP contribution is -2.40. The van der Waals surface area contributed by atoms with E-state index in [-0.39, 0.29) is 12.5 Å². The Morgan fingerprint density at radius 3 is 2.56 bits per heavy atom. The van der Waals surface area contributed by atoms with Crippen molar-refractivity contribution in [3.8, 4) is 11.5 Å². The minimum Gasteiger partial charge on any atom is -0.444 e. The Balaban J connectivity index is 1.41. The van der Waals surface area contributed by atoms with Gasteiger partial charge in [0.25, 0.3) is 5.91 Å².